The van der Waals surface area contributed by atoms with Gasteiger partial charge in [0.1, 0.15) is 6.54 Å². The van der Waals surface area contributed by atoms with Gasteiger partial charge in [-0.05, 0) is 32.6 Å². The molecule has 0 aliphatic rings. The van der Waals surface area contributed by atoms with Gasteiger partial charge in [0.25, 0.3) is 0 Å². The van der Waals surface area contributed by atoms with Crippen LogP contribution >= 0.6 is 0 Å². The molecule has 0 bridgehead atoms. The van der Waals surface area contributed by atoms with Gasteiger partial charge in [0.05, 0.1) is 6.61 Å². The van der Waals surface area contributed by atoms with E-state index in [0.29, 0.717) is 19.1 Å². The standard InChI is InChI=1S/C16H32N2O3/c1-6-21-15(19)11-18(10-12(2)3)16(20)13(4)8-7-9-14(5)17/h12-14H,6-11,17H2,1-5H3. The molecule has 2 N–H and O–H groups in total. The van der Waals surface area contributed by atoms with E-state index in [1.165, 1.54) is 0 Å². The number of carbonyl (C=O) groups is 2. The summed E-state index contributed by atoms with van der Waals surface area (Å²) in [5, 5.41) is 0. The van der Waals surface area contributed by atoms with Gasteiger partial charge in [0.15, 0.2) is 0 Å². The highest BCUT2D eigenvalue weighted by molar-refractivity contribution is 5.83. The maximum absolute atomic E-state index is 12.5. The minimum atomic E-state index is -0.339. The summed E-state index contributed by atoms with van der Waals surface area (Å²) in [5.74, 6) is -0.0766. The molecule has 2 unspecified atom stereocenters. The first-order valence-corrected chi connectivity index (χ1v) is 7.97. The fourth-order valence-corrected chi connectivity index (χ4v) is 2.22. The number of ether oxygens (including phenoxy) is 1. The Labute approximate surface area is 129 Å². The van der Waals surface area contributed by atoms with E-state index in [-0.39, 0.29) is 30.4 Å². The lowest BCUT2D eigenvalue weighted by molar-refractivity contribution is -0.150. The maximum Gasteiger partial charge on any atom is 0.325 e. The van der Waals surface area contributed by atoms with Crippen LogP contribution in [0.4, 0.5) is 0 Å². The molecule has 0 fully saturated rings. The molecular formula is C16H32N2O3. The molecule has 21 heavy (non-hydrogen) atoms. The Bertz CT molecular complexity index is 317. The van der Waals surface area contributed by atoms with E-state index in [2.05, 4.69) is 0 Å². The largest absolute Gasteiger partial charge is 0.465 e. The molecule has 0 aromatic heterocycles. The van der Waals surface area contributed by atoms with Gasteiger partial charge in [-0.3, -0.25) is 9.59 Å². The van der Waals surface area contributed by atoms with Crippen LogP contribution in [-0.4, -0.2) is 42.5 Å². The zero-order valence-electron chi connectivity index (χ0n) is 14.2. The van der Waals surface area contributed by atoms with Crippen LogP contribution in [0, 0.1) is 11.8 Å². The van der Waals surface area contributed by atoms with Gasteiger partial charge < -0.3 is 15.4 Å². The van der Waals surface area contributed by atoms with Crippen LogP contribution in [0.1, 0.15) is 53.9 Å². The number of nitrogens with two attached hydrogens (primary N) is 1. The second-order valence-corrected chi connectivity index (χ2v) is 6.23. The van der Waals surface area contributed by atoms with Crippen LogP contribution in [0.3, 0.4) is 0 Å². The summed E-state index contributed by atoms with van der Waals surface area (Å²) in [7, 11) is 0. The van der Waals surface area contributed by atoms with Crippen LogP contribution in [0.2, 0.25) is 0 Å². The molecule has 0 aromatic rings. The molecule has 5 heteroatoms. The molecule has 0 radical (unpaired) electrons. The lowest BCUT2D eigenvalue weighted by atomic mass is 10.00. The number of nitrogens with zero attached hydrogens (tertiary/aromatic N) is 1. The summed E-state index contributed by atoms with van der Waals surface area (Å²) in [6.07, 6.45) is 2.65. The predicted octanol–water partition coefficient (Wildman–Crippen LogP) is 2.19. The van der Waals surface area contributed by atoms with Crippen molar-refractivity contribution in [3.8, 4) is 0 Å². The van der Waals surface area contributed by atoms with E-state index >= 15 is 0 Å². The highest BCUT2D eigenvalue weighted by atomic mass is 16.5. The van der Waals surface area contributed by atoms with Crippen molar-refractivity contribution in [3.05, 3.63) is 0 Å². The normalized spacial score (nSPS) is 13.9. The van der Waals surface area contributed by atoms with Crippen LogP contribution in [0.5, 0.6) is 0 Å². The van der Waals surface area contributed by atoms with Gasteiger partial charge in [-0.15, -0.1) is 0 Å². The highest BCUT2D eigenvalue weighted by Crippen LogP contribution is 2.14. The van der Waals surface area contributed by atoms with Gasteiger partial charge in [-0.2, -0.15) is 0 Å². The first-order chi connectivity index (χ1) is 9.77. The monoisotopic (exact) mass is 300 g/mol. The summed E-state index contributed by atoms with van der Waals surface area (Å²) >= 11 is 0. The summed E-state index contributed by atoms with van der Waals surface area (Å²) in [6.45, 7) is 10.7. The lowest BCUT2D eigenvalue weighted by Crippen LogP contribution is -2.41. The maximum atomic E-state index is 12.5. The van der Waals surface area contributed by atoms with Crippen molar-refractivity contribution in [3.63, 3.8) is 0 Å². The highest BCUT2D eigenvalue weighted by Gasteiger charge is 2.23. The fourth-order valence-electron chi connectivity index (χ4n) is 2.22. The van der Waals surface area contributed by atoms with Crippen LogP contribution in [-0.2, 0) is 14.3 Å². The third-order valence-corrected chi connectivity index (χ3v) is 3.24. The Kier molecular flexibility index (Phi) is 10.0. The zero-order chi connectivity index (χ0) is 16.4. The molecular weight excluding hydrogens is 268 g/mol. The van der Waals surface area contributed by atoms with Gasteiger partial charge in [-0.1, -0.05) is 27.2 Å². The third-order valence-electron chi connectivity index (χ3n) is 3.24. The van der Waals surface area contributed by atoms with E-state index in [4.69, 9.17) is 10.5 Å². The number of rotatable bonds is 10. The summed E-state index contributed by atoms with van der Waals surface area (Å²) in [4.78, 5) is 25.7. The first kappa shape index (κ1) is 19.9. The van der Waals surface area contributed by atoms with Crippen molar-refractivity contribution in [2.45, 2.75) is 59.9 Å². The van der Waals surface area contributed by atoms with Crippen molar-refractivity contribution in [2.75, 3.05) is 19.7 Å². The quantitative estimate of drug-likeness (QED) is 0.628. The number of esters is 1. The van der Waals surface area contributed by atoms with E-state index in [0.717, 1.165) is 19.3 Å². The second-order valence-electron chi connectivity index (χ2n) is 6.23. The molecule has 0 aliphatic carbocycles. The molecule has 124 valence electrons. The van der Waals surface area contributed by atoms with Gasteiger partial charge >= 0.3 is 5.97 Å². The Hall–Kier alpha value is -1.10. The molecule has 0 heterocycles. The van der Waals surface area contributed by atoms with Gasteiger partial charge in [-0.25, -0.2) is 0 Å². The van der Waals surface area contributed by atoms with Crippen molar-refractivity contribution in [1.29, 1.82) is 0 Å². The van der Waals surface area contributed by atoms with E-state index in [9.17, 15) is 9.59 Å². The van der Waals surface area contributed by atoms with Crippen LogP contribution in [0.25, 0.3) is 0 Å². The van der Waals surface area contributed by atoms with E-state index in [1.54, 1.807) is 11.8 Å². The topological polar surface area (TPSA) is 72.6 Å². The molecule has 0 rings (SSSR count). The molecule has 0 saturated carbocycles. The third kappa shape index (κ3) is 9.45. The smallest absolute Gasteiger partial charge is 0.325 e. The average molecular weight is 300 g/mol. The SMILES string of the molecule is CCOC(=O)CN(CC(C)C)C(=O)C(C)CCCC(C)N. The van der Waals surface area contributed by atoms with Crippen molar-refractivity contribution in [1.82, 2.24) is 4.90 Å². The molecule has 1 amide bonds. The fraction of sp³-hybridized carbons (Fsp3) is 0.875. The van der Waals surface area contributed by atoms with Crippen molar-refractivity contribution < 1.29 is 14.3 Å². The number of hydrogen-bond acceptors (Lipinski definition) is 4. The molecule has 2 atom stereocenters. The molecule has 0 spiro atoms. The van der Waals surface area contributed by atoms with Gasteiger partial charge in [0, 0.05) is 18.5 Å². The van der Waals surface area contributed by atoms with Crippen molar-refractivity contribution in [2.24, 2.45) is 17.6 Å². The second kappa shape index (κ2) is 10.6. The van der Waals surface area contributed by atoms with Crippen molar-refractivity contribution >= 4 is 11.9 Å². The zero-order valence-corrected chi connectivity index (χ0v) is 14.2. The molecule has 0 aliphatic heterocycles. The number of carbonyl (C=O) groups excluding carboxylic acids is 2. The Morgan fingerprint density at radius 1 is 1.14 bits per heavy atom. The number of hydrogen-bond donors (Lipinski definition) is 1. The van der Waals surface area contributed by atoms with E-state index in [1.807, 2.05) is 27.7 Å². The van der Waals surface area contributed by atoms with Crippen LogP contribution in [0.15, 0.2) is 0 Å². The molecule has 5 nitrogen and oxygen atoms in total. The average Bonchev–Trinajstić information content (AvgIpc) is 2.36. The Balaban J connectivity index is 4.51. The minimum Gasteiger partial charge on any atom is -0.465 e. The first-order valence-electron chi connectivity index (χ1n) is 7.97. The summed E-state index contributed by atoms with van der Waals surface area (Å²) < 4.78 is 4.95. The van der Waals surface area contributed by atoms with Gasteiger partial charge in [0.2, 0.25) is 5.91 Å². The minimum absolute atomic E-state index is 0.0291. The van der Waals surface area contributed by atoms with Crippen LogP contribution < -0.4 is 5.73 Å². The predicted molar refractivity (Wildman–Crippen MR) is 84.7 cm³/mol. The molecule has 0 saturated heterocycles. The summed E-state index contributed by atoms with van der Waals surface area (Å²) in [5.41, 5.74) is 5.72. The summed E-state index contributed by atoms with van der Waals surface area (Å²) in [6, 6.07) is 0.165. The molecule has 0 aromatic carbocycles. The van der Waals surface area contributed by atoms with E-state index < -0.39 is 0 Å². The Morgan fingerprint density at radius 3 is 2.24 bits per heavy atom. The lowest BCUT2D eigenvalue weighted by Gasteiger charge is -2.26. The number of amides is 1. The Morgan fingerprint density at radius 2 is 1.76 bits per heavy atom.